The molecule has 21 heavy (non-hydrogen) atoms. The fourth-order valence-electron chi connectivity index (χ4n) is 1.84. The smallest absolute Gasteiger partial charge is 0.418 e. The maximum absolute atomic E-state index is 13.1. The van der Waals surface area contributed by atoms with Crippen LogP contribution in [0.25, 0.3) is 0 Å². The lowest BCUT2D eigenvalue weighted by atomic mass is 10.1. The van der Waals surface area contributed by atoms with Gasteiger partial charge in [0.25, 0.3) is 0 Å². The van der Waals surface area contributed by atoms with E-state index in [1.165, 1.54) is 20.3 Å². The van der Waals surface area contributed by atoms with Crippen molar-refractivity contribution < 1.29 is 32.1 Å². The molecule has 1 fully saturated rings. The Labute approximate surface area is 124 Å². The van der Waals surface area contributed by atoms with Gasteiger partial charge in [-0.1, -0.05) is 11.6 Å². The van der Waals surface area contributed by atoms with Crippen LogP contribution in [-0.2, 0) is 9.47 Å². The standard InChI is InChI=1S/C13H14ClF3O4/c1-18-10-4-7(3-9(14)11(10)19-2)12(13(15,16)17)21-6-8-5-20-8/h3-4,8,12H,5-6H2,1-2H3/t8-,12-/m0/s1. The van der Waals surface area contributed by atoms with E-state index >= 15 is 0 Å². The fourth-order valence-corrected chi connectivity index (χ4v) is 2.13. The molecule has 1 saturated heterocycles. The van der Waals surface area contributed by atoms with Crippen molar-refractivity contribution in [1.82, 2.24) is 0 Å². The number of hydrogen-bond donors (Lipinski definition) is 0. The van der Waals surface area contributed by atoms with Crippen LogP contribution < -0.4 is 9.47 Å². The summed E-state index contributed by atoms with van der Waals surface area (Å²) in [6.45, 7) is 0.285. The van der Waals surface area contributed by atoms with Gasteiger partial charge >= 0.3 is 6.18 Å². The van der Waals surface area contributed by atoms with E-state index in [2.05, 4.69) is 0 Å². The second-order valence-corrected chi connectivity index (χ2v) is 4.86. The molecule has 0 aromatic heterocycles. The first-order chi connectivity index (χ1) is 9.86. The number of benzene rings is 1. The van der Waals surface area contributed by atoms with Gasteiger partial charge in [-0.15, -0.1) is 0 Å². The van der Waals surface area contributed by atoms with Crippen LogP contribution in [0, 0.1) is 0 Å². The van der Waals surface area contributed by atoms with E-state index in [-0.39, 0.29) is 34.8 Å². The Bertz CT molecular complexity index is 503. The topological polar surface area (TPSA) is 40.2 Å². The van der Waals surface area contributed by atoms with Crippen molar-refractivity contribution in [3.63, 3.8) is 0 Å². The Morgan fingerprint density at radius 3 is 2.48 bits per heavy atom. The molecule has 1 aliphatic rings. The molecule has 0 radical (unpaired) electrons. The molecule has 1 heterocycles. The molecule has 0 spiro atoms. The first-order valence-electron chi connectivity index (χ1n) is 6.08. The van der Waals surface area contributed by atoms with Crippen LogP contribution in [0.3, 0.4) is 0 Å². The second-order valence-electron chi connectivity index (χ2n) is 4.45. The molecule has 118 valence electrons. The summed E-state index contributed by atoms with van der Waals surface area (Å²) in [5.74, 6) is 0.287. The van der Waals surface area contributed by atoms with Gasteiger partial charge in [0.1, 0.15) is 6.10 Å². The van der Waals surface area contributed by atoms with E-state index in [0.717, 1.165) is 6.07 Å². The summed E-state index contributed by atoms with van der Waals surface area (Å²) in [6, 6.07) is 2.37. The Kier molecular flexibility index (Phi) is 4.85. The molecule has 0 N–H and O–H groups in total. The first-order valence-corrected chi connectivity index (χ1v) is 6.46. The molecule has 1 aromatic carbocycles. The SMILES string of the molecule is COc1cc([C@H](OC[C@@H]2CO2)C(F)(F)F)cc(Cl)c1OC. The van der Waals surface area contributed by atoms with Crippen molar-refractivity contribution in [1.29, 1.82) is 0 Å². The Morgan fingerprint density at radius 2 is 2.00 bits per heavy atom. The van der Waals surface area contributed by atoms with Gasteiger partial charge in [0.05, 0.1) is 32.5 Å². The maximum atomic E-state index is 13.1. The lowest BCUT2D eigenvalue weighted by molar-refractivity contribution is -0.224. The van der Waals surface area contributed by atoms with Crippen molar-refractivity contribution in [2.75, 3.05) is 27.4 Å². The third kappa shape index (κ3) is 3.93. The molecule has 2 atom stereocenters. The van der Waals surface area contributed by atoms with Crippen molar-refractivity contribution in [3.05, 3.63) is 22.7 Å². The number of ether oxygens (including phenoxy) is 4. The van der Waals surface area contributed by atoms with Crippen LogP contribution in [-0.4, -0.2) is 39.7 Å². The van der Waals surface area contributed by atoms with E-state index in [9.17, 15) is 13.2 Å². The predicted octanol–water partition coefficient (Wildman–Crippen LogP) is 3.38. The Hall–Kier alpha value is -1.18. The highest BCUT2D eigenvalue weighted by Crippen LogP contribution is 2.43. The van der Waals surface area contributed by atoms with Gasteiger partial charge in [0.15, 0.2) is 17.6 Å². The number of hydrogen-bond acceptors (Lipinski definition) is 4. The minimum Gasteiger partial charge on any atom is -0.493 e. The molecule has 1 aromatic rings. The average Bonchev–Trinajstić information content (AvgIpc) is 3.20. The van der Waals surface area contributed by atoms with Crippen LogP contribution in [0.2, 0.25) is 5.02 Å². The summed E-state index contributed by atoms with van der Waals surface area (Å²) >= 11 is 5.93. The molecule has 0 bridgehead atoms. The molecule has 1 aliphatic heterocycles. The summed E-state index contributed by atoms with van der Waals surface area (Å²) in [5.41, 5.74) is -0.147. The molecule has 2 rings (SSSR count). The first kappa shape index (κ1) is 16.2. The summed E-state index contributed by atoms with van der Waals surface area (Å²) in [7, 11) is 2.67. The highest BCUT2D eigenvalue weighted by molar-refractivity contribution is 6.32. The van der Waals surface area contributed by atoms with Crippen LogP contribution >= 0.6 is 11.6 Å². The number of alkyl halides is 3. The van der Waals surface area contributed by atoms with Gasteiger partial charge in [-0.25, -0.2) is 0 Å². The van der Waals surface area contributed by atoms with E-state index < -0.39 is 12.3 Å². The molecule has 4 nitrogen and oxygen atoms in total. The number of halogens is 4. The summed E-state index contributed by atoms with van der Waals surface area (Å²) in [4.78, 5) is 0. The zero-order valence-electron chi connectivity index (χ0n) is 11.4. The molecule has 0 unspecified atom stereocenters. The van der Waals surface area contributed by atoms with E-state index in [1.54, 1.807) is 0 Å². The zero-order valence-corrected chi connectivity index (χ0v) is 12.1. The van der Waals surface area contributed by atoms with Crippen LogP contribution in [0.1, 0.15) is 11.7 Å². The summed E-state index contributed by atoms with van der Waals surface area (Å²) < 4.78 is 59.2. The van der Waals surface area contributed by atoms with Crippen molar-refractivity contribution >= 4 is 11.6 Å². The van der Waals surface area contributed by atoms with Gasteiger partial charge in [0.2, 0.25) is 0 Å². The van der Waals surface area contributed by atoms with Gasteiger partial charge in [0, 0.05) is 0 Å². The minimum absolute atomic E-state index is 0.0207. The number of methoxy groups -OCH3 is 2. The highest BCUT2D eigenvalue weighted by atomic mass is 35.5. The Balaban J connectivity index is 2.31. The van der Waals surface area contributed by atoms with Crippen molar-refractivity contribution in [2.24, 2.45) is 0 Å². The van der Waals surface area contributed by atoms with E-state index in [4.69, 9.17) is 30.5 Å². The average molecular weight is 327 g/mol. The molecular formula is C13H14ClF3O4. The Morgan fingerprint density at radius 1 is 1.33 bits per heavy atom. The monoisotopic (exact) mass is 326 g/mol. The van der Waals surface area contributed by atoms with Crippen LogP contribution in [0.15, 0.2) is 12.1 Å². The second kappa shape index (κ2) is 6.29. The van der Waals surface area contributed by atoms with Crippen molar-refractivity contribution in [3.8, 4) is 11.5 Å². The molecule has 0 aliphatic carbocycles. The van der Waals surface area contributed by atoms with Gasteiger partial charge < -0.3 is 18.9 Å². The lowest BCUT2D eigenvalue weighted by Gasteiger charge is -2.22. The summed E-state index contributed by atoms with van der Waals surface area (Å²) in [6.07, 6.45) is -6.94. The third-order valence-corrected chi connectivity index (χ3v) is 3.19. The van der Waals surface area contributed by atoms with Gasteiger partial charge in [-0.3, -0.25) is 0 Å². The van der Waals surface area contributed by atoms with Crippen LogP contribution in [0.5, 0.6) is 11.5 Å². The lowest BCUT2D eigenvalue weighted by Crippen LogP contribution is -2.25. The van der Waals surface area contributed by atoms with Gasteiger partial charge in [-0.2, -0.15) is 13.2 Å². The van der Waals surface area contributed by atoms with Gasteiger partial charge in [-0.05, 0) is 17.7 Å². The normalized spacial score (nSPS) is 19.2. The highest BCUT2D eigenvalue weighted by Gasteiger charge is 2.43. The zero-order chi connectivity index (χ0) is 15.6. The van der Waals surface area contributed by atoms with E-state index in [1.807, 2.05) is 0 Å². The largest absolute Gasteiger partial charge is 0.493 e. The predicted molar refractivity (Wildman–Crippen MR) is 69.0 cm³/mol. The van der Waals surface area contributed by atoms with Crippen molar-refractivity contribution in [2.45, 2.75) is 18.4 Å². The summed E-state index contributed by atoms with van der Waals surface area (Å²) in [5, 5.41) is 0.0207. The molecule has 0 amide bonds. The number of rotatable bonds is 6. The molecular weight excluding hydrogens is 313 g/mol. The quantitative estimate of drug-likeness (QED) is 0.751. The van der Waals surface area contributed by atoms with Crippen LogP contribution in [0.4, 0.5) is 13.2 Å². The maximum Gasteiger partial charge on any atom is 0.418 e. The third-order valence-electron chi connectivity index (χ3n) is 2.91. The van der Waals surface area contributed by atoms with E-state index in [0.29, 0.717) is 6.61 Å². The molecule has 8 heteroatoms. The number of epoxide rings is 1. The fraction of sp³-hybridized carbons (Fsp3) is 0.538. The minimum atomic E-state index is -4.57. The molecule has 0 saturated carbocycles.